The molecule has 3 N–H and O–H groups in total. The zero-order chi connectivity index (χ0) is 19.3. The zero-order valence-corrected chi connectivity index (χ0v) is 14.9. The van der Waals surface area contributed by atoms with Gasteiger partial charge in [-0.05, 0) is 30.2 Å². The average molecular weight is 389 g/mol. The summed E-state index contributed by atoms with van der Waals surface area (Å²) in [4.78, 5) is 26.9. The van der Waals surface area contributed by atoms with Crippen LogP contribution in [0.2, 0.25) is 5.02 Å². The lowest BCUT2D eigenvalue weighted by Gasteiger charge is -2.38. The summed E-state index contributed by atoms with van der Waals surface area (Å²) in [6.07, 6.45) is -1.97. The fraction of sp³-hybridized carbons (Fsp3) is 0.263. The largest absolute Gasteiger partial charge is 0.508 e. The lowest BCUT2D eigenvalue weighted by Crippen LogP contribution is -2.45. The van der Waals surface area contributed by atoms with Gasteiger partial charge in [0, 0.05) is 34.8 Å². The van der Waals surface area contributed by atoms with E-state index in [1.807, 2.05) is 0 Å². The van der Waals surface area contributed by atoms with Crippen molar-refractivity contribution in [1.82, 2.24) is 9.80 Å². The fourth-order valence-corrected chi connectivity index (χ4v) is 4.19. The smallest absolute Gasteiger partial charge is 0.407 e. The number of carbonyl (C=O) groups excluding carboxylic acids is 1. The molecule has 0 fully saturated rings. The van der Waals surface area contributed by atoms with Gasteiger partial charge in [-0.2, -0.15) is 0 Å². The highest BCUT2D eigenvalue weighted by Gasteiger charge is 2.41. The van der Waals surface area contributed by atoms with Gasteiger partial charge >= 0.3 is 6.09 Å². The Morgan fingerprint density at radius 3 is 2.67 bits per heavy atom. The Morgan fingerprint density at radius 1 is 1.22 bits per heavy atom. The van der Waals surface area contributed by atoms with E-state index in [9.17, 15) is 24.9 Å². The molecule has 2 heterocycles. The minimum Gasteiger partial charge on any atom is -0.508 e. The minimum atomic E-state index is -1.17. The Labute approximate surface area is 160 Å². The third-order valence-electron chi connectivity index (χ3n) is 5.23. The summed E-state index contributed by atoms with van der Waals surface area (Å²) in [7, 11) is 0. The van der Waals surface area contributed by atoms with Crippen molar-refractivity contribution in [3.05, 3.63) is 63.7 Å². The number of hydrogen-bond donors (Lipinski definition) is 3. The van der Waals surface area contributed by atoms with Crippen LogP contribution in [0.3, 0.4) is 0 Å². The Bertz CT molecular complexity index is 948. The van der Waals surface area contributed by atoms with Crippen LogP contribution in [0.25, 0.3) is 0 Å². The number of fused-ring (bicyclic) bond motifs is 2. The number of aliphatic hydroxyl groups is 1. The highest BCUT2D eigenvalue weighted by atomic mass is 35.5. The molecule has 2 aromatic rings. The second-order valence-electron chi connectivity index (χ2n) is 6.62. The van der Waals surface area contributed by atoms with Crippen molar-refractivity contribution in [2.24, 2.45) is 0 Å². The topological polar surface area (TPSA) is 101 Å². The van der Waals surface area contributed by atoms with Crippen molar-refractivity contribution < 1.29 is 24.9 Å². The molecule has 2 atom stereocenters. The van der Waals surface area contributed by atoms with Crippen molar-refractivity contribution in [1.29, 1.82) is 0 Å². The van der Waals surface area contributed by atoms with Gasteiger partial charge in [0.15, 0.2) is 6.23 Å². The Hall–Kier alpha value is -2.77. The molecular formula is C19H17ClN2O5. The number of carbonyl (C=O) groups is 2. The number of rotatable bonds is 2. The molecule has 0 aliphatic carbocycles. The SMILES string of the molecule is O=C1c2ccccc2C(O)N1C[C@@H]1c2c(O)ccc(Cl)c2CCN1C(=O)O. The van der Waals surface area contributed by atoms with E-state index in [1.54, 1.807) is 30.3 Å². The predicted molar refractivity (Wildman–Crippen MR) is 96.7 cm³/mol. The number of aromatic hydroxyl groups is 1. The van der Waals surface area contributed by atoms with Gasteiger partial charge in [-0.1, -0.05) is 29.8 Å². The number of phenolic OH excluding ortho intramolecular Hbond substituents is 1. The molecule has 2 aliphatic rings. The molecule has 0 radical (unpaired) electrons. The van der Waals surface area contributed by atoms with E-state index in [4.69, 9.17) is 11.6 Å². The van der Waals surface area contributed by atoms with Gasteiger partial charge in [-0.3, -0.25) is 9.69 Å². The van der Waals surface area contributed by atoms with Crippen LogP contribution in [0.1, 0.15) is 39.3 Å². The van der Waals surface area contributed by atoms with Crippen LogP contribution < -0.4 is 0 Å². The monoisotopic (exact) mass is 388 g/mol. The van der Waals surface area contributed by atoms with Crippen molar-refractivity contribution >= 4 is 23.6 Å². The molecule has 140 valence electrons. The molecule has 2 aromatic carbocycles. The molecule has 0 spiro atoms. The number of nitrogens with zero attached hydrogens (tertiary/aromatic N) is 2. The molecule has 7 nitrogen and oxygen atoms in total. The molecule has 0 aromatic heterocycles. The second kappa shape index (κ2) is 6.44. The first-order valence-corrected chi connectivity index (χ1v) is 8.85. The van der Waals surface area contributed by atoms with Crippen LogP contribution in [0, 0.1) is 0 Å². The van der Waals surface area contributed by atoms with E-state index >= 15 is 0 Å². The number of benzene rings is 2. The third kappa shape index (κ3) is 2.70. The molecule has 0 saturated heterocycles. The first-order chi connectivity index (χ1) is 12.9. The van der Waals surface area contributed by atoms with Crippen LogP contribution in [0.15, 0.2) is 36.4 Å². The van der Waals surface area contributed by atoms with Gasteiger partial charge in [-0.15, -0.1) is 0 Å². The van der Waals surface area contributed by atoms with E-state index in [0.29, 0.717) is 33.7 Å². The quantitative estimate of drug-likeness (QED) is 0.734. The molecule has 2 aliphatic heterocycles. The number of carboxylic acid groups (broad SMARTS) is 1. The van der Waals surface area contributed by atoms with Gasteiger partial charge in [0.25, 0.3) is 5.91 Å². The number of aliphatic hydroxyl groups excluding tert-OH is 1. The molecule has 1 unspecified atom stereocenters. The number of amides is 2. The van der Waals surface area contributed by atoms with E-state index < -0.39 is 18.4 Å². The standard InChI is InChI=1S/C19H17ClN2O5/c20-13-5-6-15(23)16-12(13)7-8-21(19(26)27)14(16)9-22-17(24)10-3-1-2-4-11(10)18(22)25/h1-6,14,17,23-24H,7-9H2,(H,26,27)/t14-,17?/m1/s1. The van der Waals surface area contributed by atoms with Gasteiger partial charge in [0.05, 0.1) is 6.04 Å². The number of phenols is 1. The van der Waals surface area contributed by atoms with Crippen LogP contribution in [0.4, 0.5) is 4.79 Å². The van der Waals surface area contributed by atoms with Crippen molar-refractivity contribution in [3.63, 3.8) is 0 Å². The van der Waals surface area contributed by atoms with Crippen LogP contribution in [-0.2, 0) is 6.42 Å². The number of hydrogen-bond acceptors (Lipinski definition) is 4. The van der Waals surface area contributed by atoms with Crippen LogP contribution >= 0.6 is 11.6 Å². The Morgan fingerprint density at radius 2 is 1.96 bits per heavy atom. The molecule has 0 bridgehead atoms. The highest BCUT2D eigenvalue weighted by Crippen LogP contribution is 2.42. The summed E-state index contributed by atoms with van der Waals surface area (Å²) in [5, 5.41) is 31.0. The highest BCUT2D eigenvalue weighted by molar-refractivity contribution is 6.31. The summed E-state index contributed by atoms with van der Waals surface area (Å²) in [6.45, 7) is 0.0864. The first kappa shape index (κ1) is 17.6. The normalized spacial score (nSPS) is 21.2. The Balaban J connectivity index is 1.75. The summed E-state index contributed by atoms with van der Waals surface area (Å²) < 4.78 is 0. The van der Waals surface area contributed by atoms with Crippen molar-refractivity contribution in [2.45, 2.75) is 18.7 Å². The van der Waals surface area contributed by atoms with Gasteiger partial charge < -0.3 is 20.2 Å². The molecular weight excluding hydrogens is 372 g/mol. The lowest BCUT2D eigenvalue weighted by molar-refractivity contribution is 0.00299. The Kier molecular flexibility index (Phi) is 4.20. The summed E-state index contributed by atoms with van der Waals surface area (Å²) in [6, 6.07) is 8.86. The maximum absolute atomic E-state index is 12.7. The fourth-order valence-electron chi connectivity index (χ4n) is 3.93. The van der Waals surface area contributed by atoms with E-state index in [-0.39, 0.29) is 24.7 Å². The summed E-state index contributed by atoms with van der Waals surface area (Å²) >= 11 is 6.25. The van der Waals surface area contributed by atoms with Gasteiger partial charge in [0.2, 0.25) is 0 Å². The van der Waals surface area contributed by atoms with Crippen LogP contribution in [0.5, 0.6) is 5.75 Å². The molecule has 27 heavy (non-hydrogen) atoms. The molecule has 4 rings (SSSR count). The number of halogens is 1. The maximum atomic E-state index is 12.7. The average Bonchev–Trinajstić information content (AvgIpc) is 2.89. The lowest BCUT2D eigenvalue weighted by atomic mass is 9.91. The summed E-state index contributed by atoms with van der Waals surface area (Å²) in [5.74, 6) is -0.457. The second-order valence-corrected chi connectivity index (χ2v) is 7.03. The van der Waals surface area contributed by atoms with E-state index in [0.717, 1.165) is 0 Å². The molecule has 8 heteroatoms. The molecule has 0 saturated carbocycles. The third-order valence-corrected chi connectivity index (χ3v) is 5.58. The van der Waals surface area contributed by atoms with E-state index in [1.165, 1.54) is 15.9 Å². The van der Waals surface area contributed by atoms with Crippen molar-refractivity contribution in [3.8, 4) is 5.75 Å². The van der Waals surface area contributed by atoms with Gasteiger partial charge in [-0.25, -0.2) is 4.79 Å². The first-order valence-electron chi connectivity index (χ1n) is 8.48. The summed E-state index contributed by atoms with van der Waals surface area (Å²) in [5.41, 5.74) is 1.92. The van der Waals surface area contributed by atoms with E-state index in [2.05, 4.69) is 0 Å². The predicted octanol–water partition coefficient (Wildman–Crippen LogP) is 2.77. The van der Waals surface area contributed by atoms with Crippen LogP contribution in [-0.4, -0.2) is 50.2 Å². The minimum absolute atomic E-state index is 0.0796. The van der Waals surface area contributed by atoms with Crippen molar-refractivity contribution in [2.75, 3.05) is 13.1 Å². The zero-order valence-electron chi connectivity index (χ0n) is 14.2. The maximum Gasteiger partial charge on any atom is 0.407 e. The van der Waals surface area contributed by atoms with Gasteiger partial charge in [0.1, 0.15) is 5.75 Å². The molecule has 2 amide bonds.